The molecule has 0 saturated carbocycles. The van der Waals surface area contributed by atoms with Crippen molar-refractivity contribution in [2.75, 3.05) is 51.1 Å². The summed E-state index contributed by atoms with van der Waals surface area (Å²) in [6, 6.07) is 9.87. The first-order chi connectivity index (χ1) is 21.9. The summed E-state index contributed by atoms with van der Waals surface area (Å²) in [5, 5.41) is 6.51. The number of nitrogens with one attached hydrogen (secondary N) is 2. The second-order valence-electron chi connectivity index (χ2n) is 13.3. The molecular formula is C35H48N6O4. The van der Waals surface area contributed by atoms with Crippen LogP contribution in [-0.2, 0) is 22.4 Å². The molecule has 0 unspecified atom stereocenters. The van der Waals surface area contributed by atoms with Crippen LogP contribution in [0, 0.1) is 25.7 Å². The molecule has 4 aliphatic rings. The molecular weight excluding hydrogens is 568 g/mol. The number of piperidine rings is 3. The van der Waals surface area contributed by atoms with Gasteiger partial charge in [0.15, 0.2) is 6.10 Å². The number of pyridine rings is 1. The third-order valence-electron chi connectivity index (χ3n) is 10.5. The van der Waals surface area contributed by atoms with E-state index < -0.39 is 12.2 Å². The van der Waals surface area contributed by atoms with Crippen molar-refractivity contribution in [1.29, 1.82) is 0 Å². The number of carbonyl (C=O) groups excluding carboxylic acids is 3. The number of amides is 4. The Bertz CT molecular complexity index is 1360. The summed E-state index contributed by atoms with van der Waals surface area (Å²) in [5.41, 5.74) is 4.95. The van der Waals surface area contributed by atoms with E-state index in [1.54, 1.807) is 4.90 Å². The highest BCUT2D eigenvalue weighted by Gasteiger charge is 2.36. The molecule has 1 aromatic carbocycles. The molecule has 2 N–H and O–H groups in total. The van der Waals surface area contributed by atoms with Crippen LogP contribution in [0.4, 0.5) is 15.3 Å². The number of ether oxygens (including phenoxy) is 1. The molecule has 45 heavy (non-hydrogen) atoms. The second-order valence-corrected chi connectivity index (χ2v) is 13.3. The van der Waals surface area contributed by atoms with Gasteiger partial charge in [-0.2, -0.15) is 0 Å². The first kappa shape index (κ1) is 31.3. The van der Waals surface area contributed by atoms with Crippen molar-refractivity contribution in [2.45, 2.75) is 77.4 Å². The predicted molar refractivity (Wildman–Crippen MR) is 173 cm³/mol. The summed E-state index contributed by atoms with van der Waals surface area (Å²) in [7, 11) is 0. The molecule has 10 heteroatoms. The lowest BCUT2D eigenvalue weighted by Gasteiger charge is -2.39. The van der Waals surface area contributed by atoms with Gasteiger partial charge in [-0.05, 0) is 113 Å². The minimum atomic E-state index is -0.921. The number of aromatic nitrogens is 1. The normalized spacial score (nSPS) is 21.1. The lowest BCUT2D eigenvalue weighted by Crippen LogP contribution is -2.52. The number of anilines is 1. The third kappa shape index (κ3) is 7.43. The van der Waals surface area contributed by atoms with E-state index in [1.165, 1.54) is 12.8 Å². The van der Waals surface area contributed by atoms with E-state index in [4.69, 9.17) is 4.74 Å². The molecule has 0 bridgehead atoms. The van der Waals surface area contributed by atoms with Crippen molar-refractivity contribution < 1.29 is 19.1 Å². The summed E-state index contributed by atoms with van der Waals surface area (Å²) in [4.78, 5) is 50.6. The van der Waals surface area contributed by atoms with Gasteiger partial charge in [0.2, 0.25) is 0 Å². The molecule has 242 valence electrons. The number of urea groups is 1. The van der Waals surface area contributed by atoms with Gasteiger partial charge in [-0.25, -0.2) is 9.59 Å². The maximum Gasteiger partial charge on any atom is 0.410 e. The zero-order valence-electron chi connectivity index (χ0n) is 26.8. The molecule has 4 amide bonds. The SMILES string of the molecule is Cc1cnc(C[C@@H](OC(=O)N2CCC(N3CCc4ccccc4NC3=O)CC2)C(=O)N2CCC(C3CCNCC3)CC2)cc1C. The Labute approximate surface area is 266 Å². The standard InChI is InChI=1S/C35H48N6O4/c1-24-21-29(37-23-25(24)2)22-32(33(42)39-16-9-27(10-17-39)26-7-14-36-15-8-26)45-35(44)40-18-12-30(13-19-40)41-20-11-28-5-3-4-6-31(28)38-34(41)43/h3-6,21,23,26-27,30,32,36H,7-20,22H2,1-2H3,(H,38,43)/t32-/m1/s1. The number of para-hydroxylation sites is 1. The van der Waals surface area contributed by atoms with Crippen LogP contribution < -0.4 is 10.6 Å². The van der Waals surface area contributed by atoms with Gasteiger partial charge >= 0.3 is 12.1 Å². The average molecular weight is 617 g/mol. The first-order valence-electron chi connectivity index (χ1n) is 16.9. The summed E-state index contributed by atoms with van der Waals surface area (Å²) in [5.74, 6) is 1.26. The summed E-state index contributed by atoms with van der Waals surface area (Å²) < 4.78 is 6.04. The zero-order chi connectivity index (χ0) is 31.3. The summed E-state index contributed by atoms with van der Waals surface area (Å²) >= 11 is 0. The average Bonchev–Trinajstić information content (AvgIpc) is 3.24. The van der Waals surface area contributed by atoms with E-state index >= 15 is 0 Å². The largest absolute Gasteiger partial charge is 0.436 e. The molecule has 3 saturated heterocycles. The fourth-order valence-electron chi connectivity index (χ4n) is 7.57. The van der Waals surface area contributed by atoms with E-state index in [0.717, 1.165) is 66.3 Å². The lowest BCUT2D eigenvalue weighted by atomic mass is 9.79. The number of hydrogen-bond donors (Lipinski definition) is 2. The van der Waals surface area contributed by atoms with Crippen LogP contribution in [0.5, 0.6) is 0 Å². The minimum absolute atomic E-state index is 0.0433. The predicted octanol–water partition coefficient (Wildman–Crippen LogP) is 4.54. The van der Waals surface area contributed by atoms with Crippen LogP contribution in [0.2, 0.25) is 0 Å². The van der Waals surface area contributed by atoms with Crippen LogP contribution in [-0.4, -0.2) is 95.7 Å². The molecule has 0 spiro atoms. The highest BCUT2D eigenvalue weighted by Crippen LogP contribution is 2.31. The van der Waals surface area contributed by atoms with E-state index in [9.17, 15) is 14.4 Å². The van der Waals surface area contributed by atoms with E-state index in [2.05, 4.69) is 21.7 Å². The fourth-order valence-corrected chi connectivity index (χ4v) is 7.57. The number of fused-ring (bicyclic) bond motifs is 1. The highest BCUT2D eigenvalue weighted by atomic mass is 16.6. The summed E-state index contributed by atoms with van der Waals surface area (Å²) in [6.07, 6.45) is 7.25. The maximum absolute atomic E-state index is 13.9. The number of aryl methyl sites for hydroxylation is 2. The van der Waals surface area contributed by atoms with Crippen LogP contribution in [0.25, 0.3) is 0 Å². The zero-order valence-corrected chi connectivity index (χ0v) is 26.8. The highest BCUT2D eigenvalue weighted by molar-refractivity contribution is 5.91. The Morgan fingerprint density at radius 3 is 2.33 bits per heavy atom. The van der Waals surface area contributed by atoms with Crippen molar-refractivity contribution in [1.82, 2.24) is 25.0 Å². The molecule has 3 fully saturated rings. The van der Waals surface area contributed by atoms with Gasteiger partial charge in [0, 0.05) is 62.8 Å². The number of hydrogen-bond acceptors (Lipinski definition) is 6. The monoisotopic (exact) mass is 616 g/mol. The fraction of sp³-hybridized carbons (Fsp3) is 0.600. The van der Waals surface area contributed by atoms with E-state index in [0.29, 0.717) is 51.5 Å². The quantitative estimate of drug-likeness (QED) is 0.494. The number of rotatable bonds is 6. The Balaban J connectivity index is 1.07. The molecule has 0 aliphatic carbocycles. The van der Waals surface area contributed by atoms with Gasteiger partial charge in [-0.15, -0.1) is 0 Å². The van der Waals surface area contributed by atoms with Crippen molar-refractivity contribution in [3.8, 4) is 0 Å². The van der Waals surface area contributed by atoms with Gasteiger partial charge in [-0.3, -0.25) is 9.78 Å². The van der Waals surface area contributed by atoms with Crippen molar-refractivity contribution >= 4 is 23.7 Å². The van der Waals surface area contributed by atoms with E-state index in [1.807, 2.05) is 54.1 Å². The van der Waals surface area contributed by atoms with Crippen LogP contribution in [0.3, 0.4) is 0 Å². The molecule has 10 nitrogen and oxygen atoms in total. The Morgan fingerprint density at radius 1 is 0.911 bits per heavy atom. The van der Waals surface area contributed by atoms with Gasteiger partial charge < -0.3 is 30.1 Å². The molecule has 5 heterocycles. The molecule has 0 radical (unpaired) electrons. The van der Waals surface area contributed by atoms with Gasteiger partial charge in [0.25, 0.3) is 5.91 Å². The van der Waals surface area contributed by atoms with Gasteiger partial charge in [0.05, 0.1) is 0 Å². The third-order valence-corrected chi connectivity index (χ3v) is 10.5. The molecule has 4 aliphatic heterocycles. The van der Waals surface area contributed by atoms with Gasteiger partial charge in [-0.1, -0.05) is 18.2 Å². The second kappa shape index (κ2) is 14.2. The molecule has 6 rings (SSSR count). The number of nitrogens with zero attached hydrogens (tertiary/aromatic N) is 4. The first-order valence-corrected chi connectivity index (χ1v) is 16.9. The van der Waals surface area contributed by atoms with Crippen LogP contribution in [0.15, 0.2) is 36.5 Å². The van der Waals surface area contributed by atoms with Crippen molar-refractivity contribution in [3.63, 3.8) is 0 Å². The smallest absolute Gasteiger partial charge is 0.410 e. The Morgan fingerprint density at radius 2 is 1.60 bits per heavy atom. The van der Waals surface area contributed by atoms with Crippen molar-refractivity contribution in [3.05, 3.63) is 58.9 Å². The van der Waals surface area contributed by atoms with E-state index in [-0.39, 0.29) is 24.4 Å². The number of benzene rings is 1. The molecule has 1 aromatic heterocycles. The summed E-state index contributed by atoms with van der Waals surface area (Å²) in [6.45, 7) is 9.22. The number of likely N-dealkylation sites (tertiary alicyclic amines) is 2. The number of carbonyl (C=O) groups is 3. The maximum atomic E-state index is 13.9. The van der Waals surface area contributed by atoms with Gasteiger partial charge in [0.1, 0.15) is 0 Å². The van der Waals surface area contributed by atoms with Crippen LogP contribution >= 0.6 is 0 Å². The van der Waals surface area contributed by atoms with Crippen molar-refractivity contribution in [2.24, 2.45) is 11.8 Å². The topological polar surface area (TPSA) is 107 Å². The minimum Gasteiger partial charge on any atom is -0.436 e. The lowest BCUT2D eigenvalue weighted by molar-refractivity contribution is -0.142. The Kier molecular flexibility index (Phi) is 9.88. The molecule has 2 aromatic rings. The van der Waals surface area contributed by atoms with Crippen LogP contribution in [0.1, 0.15) is 60.9 Å². The molecule has 1 atom stereocenters. The Hall–Kier alpha value is -3.66.